The van der Waals surface area contributed by atoms with Gasteiger partial charge in [-0.3, -0.25) is 15.5 Å². The Labute approximate surface area is 196 Å². The second kappa shape index (κ2) is 8.87. The van der Waals surface area contributed by atoms with Gasteiger partial charge in [0.1, 0.15) is 5.82 Å². The molecule has 1 unspecified atom stereocenters. The normalized spacial score (nSPS) is 17.4. The lowest BCUT2D eigenvalue weighted by Crippen LogP contribution is -2.35. The van der Waals surface area contributed by atoms with E-state index in [0.29, 0.717) is 23.0 Å². The molecule has 2 aromatic heterocycles. The third-order valence-electron chi connectivity index (χ3n) is 5.36. The Hall–Kier alpha value is -4.99. The minimum absolute atomic E-state index is 0.0376. The minimum Gasteiger partial charge on any atom is -0.405 e. The van der Waals surface area contributed by atoms with Crippen LogP contribution in [0.1, 0.15) is 5.82 Å². The summed E-state index contributed by atoms with van der Waals surface area (Å²) in [5, 5.41) is 16.5. The van der Waals surface area contributed by atoms with E-state index in [2.05, 4.69) is 50.0 Å². The van der Waals surface area contributed by atoms with Gasteiger partial charge in [0.2, 0.25) is 0 Å². The maximum atomic E-state index is 5.62. The maximum absolute atomic E-state index is 5.62. The number of H-pyrrole nitrogens is 1. The van der Waals surface area contributed by atoms with E-state index in [1.807, 2.05) is 41.6 Å². The molecule has 10 nitrogen and oxygen atoms in total. The molecule has 3 aromatic rings. The summed E-state index contributed by atoms with van der Waals surface area (Å²) < 4.78 is 0. The van der Waals surface area contributed by atoms with Crippen molar-refractivity contribution in [2.75, 3.05) is 5.32 Å². The number of allylic oxidation sites excluding steroid dienone is 3. The molecule has 0 bridgehead atoms. The molecule has 0 aliphatic carbocycles. The largest absolute Gasteiger partial charge is 0.405 e. The summed E-state index contributed by atoms with van der Waals surface area (Å²) in [7, 11) is 0. The van der Waals surface area contributed by atoms with Crippen molar-refractivity contribution < 1.29 is 0 Å². The van der Waals surface area contributed by atoms with Crippen molar-refractivity contribution in [3.8, 4) is 0 Å². The number of rotatable bonds is 7. The molecule has 0 fully saturated rings. The molecule has 0 amide bonds. The highest BCUT2D eigenvalue weighted by Crippen LogP contribution is 2.26. The molecule has 1 atom stereocenters. The molecule has 4 heterocycles. The van der Waals surface area contributed by atoms with Crippen LogP contribution in [-0.4, -0.2) is 31.2 Å². The highest BCUT2D eigenvalue weighted by atomic mass is 15.5. The molecule has 170 valence electrons. The standard InChI is InChI=1S/C24H24N10/c1-15(29-19(12-26)6-8-25)22-11-20-4-2-16(14-34(20)33-22)24-27-9-7-23(31-24)30-18-3-5-21-17(10-18)13-28-32-21/h2-14,20,29,33H,1,25-26H2,(H,28,32)(H,27,30,31)/b8-6-,19-12+. The van der Waals surface area contributed by atoms with Gasteiger partial charge in [0.15, 0.2) is 5.82 Å². The third-order valence-corrected chi connectivity index (χ3v) is 5.36. The van der Waals surface area contributed by atoms with Crippen molar-refractivity contribution in [1.29, 1.82) is 0 Å². The first-order chi connectivity index (χ1) is 16.6. The van der Waals surface area contributed by atoms with Crippen LogP contribution >= 0.6 is 0 Å². The van der Waals surface area contributed by atoms with Gasteiger partial charge in [0.25, 0.3) is 0 Å². The molecule has 2 aliphatic rings. The number of nitrogens with zero attached hydrogens (tertiary/aromatic N) is 4. The number of hydrogen-bond acceptors (Lipinski definition) is 9. The Balaban J connectivity index is 1.29. The van der Waals surface area contributed by atoms with Gasteiger partial charge in [-0.05, 0) is 42.6 Å². The van der Waals surface area contributed by atoms with Crippen molar-refractivity contribution in [1.82, 2.24) is 35.9 Å². The predicted molar refractivity (Wildman–Crippen MR) is 133 cm³/mol. The summed E-state index contributed by atoms with van der Waals surface area (Å²) in [5.41, 5.74) is 19.3. The molecule has 5 rings (SSSR count). The summed E-state index contributed by atoms with van der Waals surface area (Å²) in [5.74, 6) is 1.31. The zero-order valence-electron chi connectivity index (χ0n) is 18.2. The smallest absolute Gasteiger partial charge is 0.163 e. The predicted octanol–water partition coefficient (Wildman–Crippen LogP) is 2.46. The molecule has 1 aromatic carbocycles. The van der Waals surface area contributed by atoms with Gasteiger partial charge in [-0.1, -0.05) is 18.7 Å². The summed E-state index contributed by atoms with van der Waals surface area (Å²) in [4.78, 5) is 9.15. The number of fused-ring (bicyclic) bond motifs is 2. The topological polar surface area (TPSA) is 146 Å². The Morgan fingerprint density at radius 3 is 3.00 bits per heavy atom. The van der Waals surface area contributed by atoms with E-state index in [4.69, 9.17) is 16.5 Å². The Kier molecular flexibility index (Phi) is 5.45. The van der Waals surface area contributed by atoms with Gasteiger partial charge in [-0.25, -0.2) is 9.97 Å². The van der Waals surface area contributed by atoms with E-state index in [1.165, 1.54) is 12.4 Å². The first-order valence-electron chi connectivity index (χ1n) is 10.6. The fraction of sp³-hybridized carbons (Fsp3) is 0.0417. The van der Waals surface area contributed by atoms with Crippen LogP contribution in [0.5, 0.6) is 0 Å². The number of anilines is 2. The highest BCUT2D eigenvalue weighted by molar-refractivity contribution is 5.82. The summed E-state index contributed by atoms with van der Waals surface area (Å²) in [6, 6.07) is 7.84. The van der Waals surface area contributed by atoms with E-state index in [1.54, 1.807) is 18.5 Å². The van der Waals surface area contributed by atoms with Crippen molar-refractivity contribution in [3.05, 3.63) is 109 Å². The summed E-state index contributed by atoms with van der Waals surface area (Å²) in [6.45, 7) is 4.09. The molecular formula is C24H24N10. The van der Waals surface area contributed by atoms with Gasteiger partial charge in [0.05, 0.1) is 34.8 Å². The van der Waals surface area contributed by atoms with Crippen LogP contribution in [0.15, 0.2) is 103 Å². The second-order valence-corrected chi connectivity index (χ2v) is 7.68. The van der Waals surface area contributed by atoms with E-state index in [0.717, 1.165) is 27.9 Å². The quantitative estimate of drug-likeness (QED) is 0.298. The van der Waals surface area contributed by atoms with E-state index in [9.17, 15) is 0 Å². The van der Waals surface area contributed by atoms with E-state index >= 15 is 0 Å². The van der Waals surface area contributed by atoms with Crippen molar-refractivity contribution >= 4 is 28.0 Å². The molecule has 0 saturated carbocycles. The van der Waals surface area contributed by atoms with Crippen LogP contribution in [0.2, 0.25) is 0 Å². The third kappa shape index (κ3) is 4.19. The lowest BCUT2D eigenvalue weighted by Gasteiger charge is -2.25. The number of hydrogen-bond donors (Lipinski definition) is 6. The Bertz CT molecular complexity index is 1390. The fourth-order valence-electron chi connectivity index (χ4n) is 3.68. The van der Waals surface area contributed by atoms with Crippen molar-refractivity contribution in [2.24, 2.45) is 11.5 Å². The average molecular weight is 453 g/mol. The minimum atomic E-state index is 0.0376. The molecular weight excluding hydrogens is 428 g/mol. The zero-order valence-corrected chi connectivity index (χ0v) is 18.2. The van der Waals surface area contributed by atoms with E-state index in [-0.39, 0.29) is 6.04 Å². The average Bonchev–Trinajstić information content (AvgIpc) is 3.50. The number of nitrogens with one attached hydrogen (secondary N) is 4. The maximum Gasteiger partial charge on any atom is 0.163 e. The Morgan fingerprint density at radius 1 is 1.24 bits per heavy atom. The molecule has 0 saturated heterocycles. The summed E-state index contributed by atoms with van der Waals surface area (Å²) >= 11 is 0. The molecule has 10 heteroatoms. The van der Waals surface area contributed by atoms with Gasteiger partial charge in [-0.15, -0.1) is 0 Å². The second-order valence-electron chi connectivity index (χ2n) is 7.68. The van der Waals surface area contributed by atoms with Crippen molar-refractivity contribution in [2.45, 2.75) is 6.04 Å². The molecule has 2 aliphatic heterocycles. The monoisotopic (exact) mass is 452 g/mol. The van der Waals surface area contributed by atoms with Crippen molar-refractivity contribution in [3.63, 3.8) is 0 Å². The first kappa shape index (κ1) is 20.9. The van der Waals surface area contributed by atoms with Crippen LogP contribution in [0.25, 0.3) is 16.5 Å². The van der Waals surface area contributed by atoms with Gasteiger partial charge >= 0.3 is 0 Å². The Morgan fingerprint density at radius 2 is 2.15 bits per heavy atom. The van der Waals surface area contributed by atoms with E-state index < -0.39 is 0 Å². The lowest BCUT2D eigenvalue weighted by atomic mass is 10.1. The van der Waals surface area contributed by atoms with Crippen LogP contribution in [0, 0.1) is 0 Å². The number of aromatic nitrogens is 4. The van der Waals surface area contributed by atoms with Crippen LogP contribution in [0.4, 0.5) is 11.5 Å². The SMILES string of the molecule is C=C(NC(/C=C\N)=C/N)C1=CC2C=CC(c3nccc(Nc4ccc5[nH]ncc5c4)n3)=CN2N1. The number of nitrogens with two attached hydrogens (primary N) is 2. The fourth-order valence-corrected chi connectivity index (χ4v) is 3.68. The summed E-state index contributed by atoms with van der Waals surface area (Å²) in [6.07, 6.45) is 16.1. The highest BCUT2D eigenvalue weighted by Gasteiger charge is 2.25. The molecule has 34 heavy (non-hydrogen) atoms. The van der Waals surface area contributed by atoms with Gasteiger partial charge < -0.3 is 22.1 Å². The number of benzene rings is 1. The number of hydrazine groups is 1. The van der Waals surface area contributed by atoms with Gasteiger partial charge in [0, 0.05) is 35.2 Å². The lowest BCUT2D eigenvalue weighted by molar-refractivity contribution is 0.318. The number of aromatic amines is 1. The zero-order chi connectivity index (χ0) is 23.5. The van der Waals surface area contributed by atoms with Gasteiger partial charge in [-0.2, -0.15) is 5.10 Å². The molecule has 8 N–H and O–H groups in total. The molecule has 0 spiro atoms. The van der Waals surface area contributed by atoms with Crippen LogP contribution in [0.3, 0.4) is 0 Å². The molecule has 0 radical (unpaired) electrons. The van der Waals surface area contributed by atoms with Crippen LogP contribution in [-0.2, 0) is 0 Å². The first-order valence-corrected chi connectivity index (χ1v) is 10.6. The van der Waals surface area contributed by atoms with Crippen LogP contribution < -0.4 is 27.5 Å².